The topological polar surface area (TPSA) is 47.5 Å². The molecule has 2 aromatic heterocycles. The van der Waals surface area contributed by atoms with Crippen molar-refractivity contribution in [1.82, 2.24) is 14.9 Å². The van der Waals surface area contributed by atoms with Gasteiger partial charge in [-0.1, -0.05) is 36.4 Å². The summed E-state index contributed by atoms with van der Waals surface area (Å²) in [5.41, 5.74) is 2.39. The van der Waals surface area contributed by atoms with Crippen molar-refractivity contribution in [3.63, 3.8) is 0 Å². The molecule has 6 heteroatoms. The molecular weight excluding hydrogens is 394 g/mol. The minimum Gasteiger partial charge on any atom is -0.493 e. The Bertz CT molecular complexity index is 1130. The molecule has 2 heterocycles. The monoisotopic (exact) mass is 419 g/mol. The number of rotatable bonds is 8. The number of hydrogen-bond donors (Lipinski definition) is 0. The van der Waals surface area contributed by atoms with Crippen LogP contribution >= 0.6 is 11.3 Å². The molecule has 0 saturated carbocycles. The maximum Gasteiger partial charge on any atom is 0.231 e. The lowest BCUT2D eigenvalue weighted by Gasteiger charge is -2.13. The SMILES string of the molecule is COc1cc(CCCN(C)C)ccc1Oc1ncnc2sc(-c3ccccc3)cc12. The fourth-order valence-corrected chi connectivity index (χ4v) is 4.31. The third kappa shape index (κ3) is 4.61. The van der Waals surface area contributed by atoms with Gasteiger partial charge in [0.05, 0.1) is 12.5 Å². The number of nitrogens with zero attached hydrogens (tertiary/aromatic N) is 3. The zero-order chi connectivity index (χ0) is 20.9. The summed E-state index contributed by atoms with van der Waals surface area (Å²) < 4.78 is 11.8. The maximum absolute atomic E-state index is 6.18. The average molecular weight is 420 g/mol. The van der Waals surface area contributed by atoms with Crippen LogP contribution in [0, 0.1) is 0 Å². The smallest absolute Gasteiger partial charge is 0.231 e. The third-order valence-corrected chi connectivity index (χ3v) is 5.95. The van der Waals surface area contributed by atoms with Crippen LogP contribution in [0.5, 0.6) is 17.4 Å². The van der Waals surface area contributed by atoms with Gasteiger partial charge in [-0.15, -0.1) is 11.3 Å². The minimum absolute atomic E-state index is 0.539. The second-order valence-electron chi connectivity index (χ2n) is 7.37. The fraction of sp³-hybridized carbons (Fsp3) is 0.250. The van der Waals surface area contributed by atoms with E-state index in [0.29, 0.717) is 17.4 Å². The van der Waals surface area contributed by atoms with Gasteiger partial charge in [0.1, 0.15) is 11.2 Å². The van der Waals surface area contributed by atoms with E-state index in [1.54, 1.807) is 24.8 Å². The molecule has 30 heavy (non-hydrogen) atoms. The molecule has 0 amide bonds. The lowest BCUT2D eigenvalue weighted by atomic mass is 10.1. The quantitative estimate of drug-likeness (QED) is 0.369. The van der Waals surface area contributed by atoms with Crippen molar-refractivity contribution in [2.24, 2.45) is 0 Å². The standard InChI is InChI=1S/C24H25N3O2S/c1-27(2)13-7-8-17-11-12-20(21(14-17)28-3)29-23-19-15-22(18-9-5-4-6-10-18)30-24(19)26-16-25-23/h4-6,9-12,14-16H,7-8,13H2,1-3H3. The number of aryl methyl sites for hydroxylation is 1. The highest BCUT2D eigenvalue weighted by Gasteiger charge is 2.14. The van der Waals surface area contributed by atoms with Crippen molar-refractivity contribution in [2.45, 2.75) is 12.8 Å². The van der Waals surface area contributed by atoms with E-state index >= 15 is 0 Å². The largest absolute Gasteiger partial charge is 0.493 e. The first-order valence-corrected chi connectivity index (χ1v) is 10.7. The number of methoxy groups -OCH3 is 1. The van der Waals surface area contributed by atoms with Gasteiger partial charge in [-0.2, -0.15) is 0 Å². The molecule has 0 saturated heterocycles. The second-order valence-corrected chi connectivity index (χ2v) is 8.40. The van der Waals surface area contributed by atoms with E-state index in [-0.39, 0.29) is 0 Å². The van der Waals surface area contributed by atoms with E-state index in [4.69, 9.17) is 9.47 Å². The Hall–Kier alpha value is -2.96. The number of hydrogen-bond acceptors (Lipinski definition) is 6. The molecule has 4 rings (SSSR count). The Kier molecular flexibility index (Phi) is 6.26. The first-order chi connectivity index (χ1) is 14.6. The van der Waals surface area contributed by atoms with Gasteiger partial charge in [-0.05, 0) is 62.8 Å². The first kappa shape index (κ1) is 20.3. The number of ether oxygens (including phenoxy) is 2. The van der Waals surface area contributed by atoms with E-state index in [9.17, 15) is 0 Å². The van der Waals surface area contributed by atoms with Crippen LogP contribution in [0.3, 0.4) is 0 Å². The molecule has 0 fully saturated rings. The van der Waals surface area contributed by atoms with Crippen molar-refractivity contribution in [1.29, 1.82) is 0 Å². The summed E-state index contributed by atoms with van der Waals surface area (Å²) in [5, 5.41) is 0.901. The molecule has 0 atom stereocenters. The summed E-state index contributed by atoms with van der Waals surface area (Å²) in [6, 6.07) is 18.5. The van der Waals surface area contributed by atoms with E-state index in [0.717, 1.165) is 40.0 Å². The first-order valence-electron chi connectivity index (χ1n) is 9.93. The number of benzene rings is 2. The molecule has 0 unspecified atom stereocenters. The van der Waals surface area contributed by atoms with Gasteiger partial charge >= 0.3 is 0 Å². The predicted octanol–water partition coefficient (Wildman–Crippen LogP) is 5.65. The van der Waals surface area contributed by atoms with Crippen molar-refractivity contribution in [3.05, 3.63) is 66.5 Å². The van der Waals surface area contributed by atoms with Crippen molar-refractivity contribution in [3.8, 4) is 27.8 Å². The Morgan fingerprint density at radius 1 is 0.967 bits per heavy atom. The molecule has 0 aliphatic carbocycles. The highest BCUT2D eigenvalue weighted by atomic mass is 32.1. The summed E-state index contributed by atoms with van der Waals surface area (Å²) >= 11 is 1.63. The highest BCUT2D eigenvalue weighted by molar-refractivity contribution is 7.21. The summed E-state index contributed by atoms with van der Waals surface area (Å²) in [5.74, 6) is 1.90. The van der Waals surface area contributed by atoms with Crippen LogP contribution in [-0.4, -0.2) is 42.6 Å². The van der Waals surface area contributed by atoms with Gasteiger partial charge in [0.15, 0.2) is 11.5 Å². The maximum atomic E-state index is 6.18. The summed E-state index contributed by atoms with van der Waals surface area (Å²) in [6.07, 6.45) is 3.64. The number of thiophene rings is 1. The number of aromatic nitrogens is 2. The molecule has 0 bridgehead atoms. The van der Waals surface area contributed by atoms with Gasteiger partial charge in [-0.25, -0.2) is 9.97 Å². The molecule has 0 aliphatic rings. The summed E-state index contributed by atoms with van der Waals surface area (Å²) in [6.45, 7) is 1.06. The molecule has 4 aromatic rings. The van der Waals surface area contributed by atoms with Crippen molar-refractivity contribution >= 4 is 21.6 Å². The molecule has 0 radical (unpaired) electrons. The van der Waals surface area contributed by atoms with E-state index < -0.39 is 0 Å². The molecule has 5 nitrogen and oxygen atoms in total. The predicted molar refractivity (Wildman–Crippen MR) is 123 cm³/mol. The summed E-state index contributed by atoms with van der Waals surface area (Å²) in [7, 11) is 5.85. The van der Waals surface area contributed by atoms with Crippen LogP contribution in [0.1, 0.15) is 12.0 Å². The van der Waals surface area contributed by atoms with Gasteiger partial charge in [0.2, 0.25) is 5.88 Å². The Labute approximate surface area is 180 Å². The molecule has 154 valence electrons. The molecular formula is C24H25N3O2S. The highest BCUT2D eigenvalue weighted by Crippen LogP contribution is 2.39. The van der Waals surface area contributed by atoms with Crippen molar-refractivity contribution in [2.75, 3.05) is 27.7 Å². The third-order valence-electron chi connectivity index (χ3n) is 4.86. The van der Waals surface area contributed by atoms with Gasteiger partial charge in [-0.3, -0.25) is 0 Å². The number of fused-ring (bicyclic) bond motifs is 1. The molecule has 0 spiro atoms. The van der Waals surface area contributed by atoms with Crippen LogP contribution in [0.15, 0.2) is 60.9 Å². The average Bonchev–Trinajstić information content (AvgIpc) is 3.20. The van der Waals surface area contributed by atoms with Gasteiger partial charge in [0, 0.05) is 4.88 Å². The molecule has 0 N–H and O–H groups in total. The van der Waals surface area contributed by atoms with Gasteiger partial charge in [0.25, 0.3) is 0 Å². The van der Waals surface area contributed by atoms with Crippen LogP contribution in [0.4, 0.5) is 0 Å². The Morgan fingerprint density at radius 2 is 1.80 bits per heavy atom. The minimum atomic E-state index is 0.539. The Balaban J connectivity index is 1.60. The van der Waals surface area contributed by atoms with Crippen LogP contribution < -0.4 is 9.47 Å². The second kappa shape index (κ2) is 9.24. The normalized spacial score (nSPS) is 11.2. The van der Waals surface area contributed by atoms with Crippen LogP contribution in [0.25, 0.3) is 20.7 Å². The van der Waals surface area contributed by atoms with E-state index in [1.807, 2.05) is 30.3 Å². The van der Waals surface area contributed by atoms with E-state index in [1.165, 1.54) is 5.56 Å². The molecule has 0 aliphatic heterocycles. The molecule has 2 aromatic carbocycles. The lowest BCUT2D eigenvalue weighted by Crippen LogP contribution is -2.13. The zero-order valence-electron chi connectivity index (χ0n) is 17.5. The zero-order valence-corrected chi connectivity index (χ0v) is 18.3. The lowest BCUT2D eigenvalue weighted by molar-refractivity contribution is 0.374. The summed E-state index contributed by atoms with van der Waals surface area (Å²) in [4.78, 5) is 13.0. The Morgan fingerprint density at radius 3 is 2.57 bits per heavy atom. The van der Waals surface area contributed by atoms with E-state index in [2.05, 4.69) is 53.2 Å². The van der Waals surface area contributed by atoms with Crippen LogP contribution in [0.2, 0.25) is 0 Å². The van der Waals surface area contributed by atoms with Gasteiger partial charge < -0.3 is 14.4 Å². The van der Waals surface area contributed by atoms with Crippen molar-refractivity contribution < 1.29 is 9.47 Å². The fourth-order valence-electron chi connectivity index (χ4n) is 3.32. The van der Waals surface area contributed by atoms with Crippen LogP contribution in [-0.2, 0) is 6.42 Å².